The summed E-state index contributed by atoms with van der Waals surface area (Å²) in [5, 5.41) is 0. The van der Waals surface area contributed by atoms with E-state index in [0.29, 0.717) is 18.9 Å². The second-order valence-corrected chi connectivity index (χ2v) is 9.97. The zero-order valence-corrected chi connectivity index (χ0v) is 20.7. The minimum Gasteiger partial charge on any atom is -0.497 e. The molecule has 1 unspecified atom stereocenters. The molecular formula is C27H34N4O3. The number of nitrogens with zero attached hydrogens (tertiary/aromatic N) is 3. The lowest BCUT2D eigenvalue weighted by Crippen LogP contribution is -2.45. The number of amides is 1. The molecule has 7 heteroatoms. The highest BCUT2D eigenvalue weighted by Gasteiger charge is 2.45. The third-order valence-corrected chi connectivity index (χ3v) is 6.41. The lowest BCUT2D eigenvalue weighted by atomic mass is 9.79. The van der Waals surface area contributed by atoms with E-state index in [-0.39, 0.29) is 12.0 Å². The summed E-state index contributed by atoms with van der Waals surface area (Å²) in [6.45, 7) is 8.75. The second kappa shape index (κ2) is 9.12. The number of piperidine rings is 1. The van der Waals surface area contributed by atoms with Gasteiger partial charge in [0.2, 0.25) is 0 Å². The maximum atomic E-state index is 12.6. The molecule has 7 nitrogen and oxygen atoms in total. The van der Waals surface area contributed by atoms with E-state index in [1.165, 1.54) is 0 Å². The van der Waals surface area contributed by atoms with Crippen LogP contribution >= 0.6 is 0 Å². The average Bonchev–Trinajstić information content (AvgIpc) is 3.13. The van der Waals surface area contributed by atoms with Crippen molar-refractivity contribution < 1.29 is 14.3 Å². The van der Waals surface area contributed by atoms with Crippen LogP contribution in [-0.2, 0) is 10.4 Å². The molecule has 0 spiro atoms. The molecule has 0 aromatic heterocycles. The molecule has 0 saturated carbocycles. The molecule has 1 atom stereocenters. The van der Waals surface area contributed by atoms with E-state index < -0.39 is 11.3 Å². The fraction of sp³-hybridized carbons (Fsp3) is 0.444. The van der Waals surface area contributed by atoms with E-state index in [4.69, 9.17) is 25.2 Å². The van der Waals surface area contributed by atoms with Crippen molar-refractivity contribution in [3.63, 3.8) is 0 Å². The molecule has 1 saturated heterocycles. The summed E-state index contributed by atoms with van der Waals surface area (Å²) in [5.74, 6) is 1.40. The predicted molar refractivity (Wildman–Crippen MR) is 135 cm³/mol. The number of rotatable bonds is 4. The fourth-order valence-electron chi connectivity index (χ4n) is 4.67. The third kappa shape index (κ3) is 4.79. The Balaban J connectivity index is 1.64. The molecule has 2 aromatic carbocycles. The SMILES string of the molecule is COc1cccc(-c2cccc(C3(C4CCN(C(=O)OC(C)(C)C)CC4)N=C(C)C(N)=N3)c2)c1. The topological polar surface area (TPSA) is 89.5 Å². The summed E-state index contributed by atoms with van der Waals surface area (Å²) >= 11 is 0. The molecule has 34 heavy (non-hydrogen) atoms. The van der Waals surface area contributed by atoms with Crippen LogP contribution in [0, 0.1) is 5.92 Å². The van der Waals surface area contributed by atoms with Crippen LogP contribution in [0.5, 0.6) is 5.75 Å². The predicted octanol–water partition coefficient (Wildman–Crippen LogP) is 4.99. The summed E-state index contributed by atoms with van der Waals surface area (Å²) in [4.78, 5) is 24.3. The first-order valence-corrected chi connectivity index (χ1v) is 11.8. The molecule has 4 rings (SSSR count). The average molecular weight is 463 g/mol. The quantitative estimate of drug-likeness (QED) is 0.693. The van der Waals surface area contributed by atoms with Gasteiger partial charge >= 0.3 is 6.09 Å². The van der Waals surface area contributed by atoms with Gasteiger partial charge in [0, 0.05) is 24.6 Å². The van der Waals surface area contributed by atoms with E-state index in [1.807, 2.05) is 52.0 Å². The number of carbonyl (C=O) groups is 1. The smallest absolute Gasteiger partial charge is 0.410 e. The minimum atomic E-state index is -0.789. The Labute approximate surface area is 201 Å². The van der Waals surface area contributed by atoms with Gasteiger partial charge in [0.25, 0.3) is 0 Å². The summed E-state index contributed by atoms with van der Waals surface area (Å²) in [6.07, 6.45) is 1.25. The Hall–Kier alpha value is -3.35. The highest BCUT2D eigenvalue weighted by molar-refractivity contribution is 6.41. The molecule has 2 aliphatic rings. The van der Waals surface area contributed by atoms with Crippen LogP contribution in [0.3, 0.4) is 0 Å². The number of hydrogen-bond donors (Lipinski definition) is 1. The lowest BCUT2D eigenvalue weighted by Gasteiger charge is -2.39. The number of likely N-dealkylation sites (tertiary alicyclic amines) is 1. The molecule has 1 amide bonds. The molecule has 2 heterocycles. The summed E-state index contributed by atoms with van der Waals surface area (Å²) in [5.41, 5.74) is 8.83. The highest BCUT2D eigenvalue weighted by atomic mass is 16.6. The van der Waals surface area contributed by atoms with Gasteiger partial charge in [0.05, 0.1) is 12.8 Å². The zero-order chi connectivity index (χ0) is 24.5. The molecule has 1 fully saturated rings. The third-order valence-electron chi connectivity index (χ3n) is 6.41. The zero-order valence-electron chi connectivity index (χ0n) is 20.7. The molecule has 2 aromatic rings. The highest BCUT2D eigenvalue weighted by Crippen LogP contribution is 2.44. The molecule has 0 bridgehead atoms. The van der Waals surface area contributed by atoms with Crippen LogP contribution in [0.15, 0.2) is 58.5 Å². The normalized spacial score (nSPS) is 21.1. The van der Waals surface area contributed by atoms with Gasteiger partial charge in [-0.2, -0.15) is 0 Å². The lowest BCUT2D eigenvalue weighted by molar-refractivity contribution is 0.0149. The molecule has 0 aliphatic carbocycles. The Morgan fingerprint density at radius 3 is 2.29 bits per heavy atom. The van der Waals surface area contributed by atoms with Crippen molar-refractivity contribution in [1.82, 2.24) is 4.90 Å². The van der Waals surface area contributed by atoms with E-state index in [0.717, 1.165) is 41.0 Å². The monoisotopic (exact) mass is 462 g/mol. The molecule has 0 radical (unpaired) electrons. The van der Waals surface area contributed by atoms with Crippen molar-refractivity contribution in [3.8, 4) is 16.9 Å². The van der Waals surface area contributed by atoms with Crippen LogP contribution in [-0.4, -0.2) is 48.3 Å². The van der Waals surface area contributed by atoms with E-state index in [1.54, 1.807) is 12.0 Å². The maximum absolute atomic E-state index is 12.6. The molecule has 2 N–H and O–H groups in total. The van der Waals surface area contributed by atoms with Crippen molar-refractivity contribution >= 4 is 17.6 Å². The van der Waals surface area contributed by atoms with Crippen LogP contribution in [0.1, 0.15) is 46.1 Å². The largest absolute Gasteiger partial charge is 0.497 e. The van der Waals surface area contributed by atoms with Crippen LogP contribution in [0.4, 0.5) is 4.79 Å². The van der Waals surface area contributed by atoms with Gasteiger partial charge in [0.15, 0.2) is 5.66 Å². The number of hydrogen-bond acceptors (Lipinski definition) is 6. The number of carbonyl (C=O) groups excluding carboxylic acids is 1. The number of nitrogens with two attached hydrogens (primary N) is 1. The number of benzene rings is 2. The Kier molecular flexibility index (Phi) is 6.39. The second-order valence-electron chi connectivity index (χ2n) is 9.97. The van der Waals surface area contributed by atoms with Gasteiger partial charge in [-0.3, -0.25) is 4.99 Å². The first-order valence-electron chi connectivity index (χ1n) is 11.8. The van der Waals surface area contributed by atoms with Gasteiger partial charge in [-0.05, 0) is 69.9 Å². The Bertz CT molecular complexity index is 1110. The standard InChI is InChI=1S/C27H34N4O3/c1-18-24(28)30-27(29-18,21-12-14-31(15-13-21)25(32)34-26(2,3)4)22-10-6-8-19(16-22)20-9-7-11-23(17-20)33-5/h6-11,16-17,21H,12-15H2,1-5H3,(H2,28,30). The van der Waals surface area contributed by atoms with Gasteiger partial charge in [0.1, 0.15) is 17.2 Å². The van der Waals surface area contributed by atoms with E-state index >= 15 is 0 Å². The van der Waals surface area contributed by atoms with Gasteiger partial charge in [-0.1, -0.05) is 30.3 Å². The number of aliphatic imine (C=N–C) groups is 2. The van der Waals surface area contributed by atoms with Crippen molar-refractivity contribution in [2.45, 2.75) is 51.8 Å². The molecular weight excluding hydrogens is 428 g/mol. The number of methoxy groups -OCH3 is 1. The van der Waals surface area contributed by atoms with Gasteiger partial charge < -0.3 is 20.1 Å². The van der Waals surface area contributed by atoms with Crippen molar-refractivity contribution in [2.24, 2.45) is 21.6 Å². The van der Waals surface area contributed by atoms with Crippen LogP contribution in [0.2, 0.25) is 0 Å². The molecule has 2 aliphatic heterocycles. The van der Waals surface area contributed by atoms with Gasteiger partial charge in [-0.15, -0.1) is 0 Å². The number of amidine groups is 1. The first-order chi connectivity index (χ1) is 16.1. The van der Waals surface area contributed by atoms with E-state index in [2.05, 4.69) is 24.3 Å². The Morgan fingerprint density at radius 1 is 1.06 bits per heavy atom. The summed E-state index contributed by atoms with van der Waals surface area (Å²) in [7, 11) is 1.67. The molecule has 180 valence electrons. The minimum absolute atomic E-state index is 0.114. The first kappa shape index (κ1) is 23.8. The summed E-state index contributed by atoms with van der Waals surface area (Å²) in [6, 6.07) is 16.3. The number of ether oxygens (including phenoxy) is 2. The maximum Gasteiger partial charge on any atom is 0.410 e. The summed E-state index contributed by atoms with van der Waals surface area (Å²) < 4.78 is 11.0. The van der Waals surface area contributed by atoms with Crippen LogP contribution < -0.4 is 10.5 Å². The van der Waals surface area contributed by atoms with Crippen molar-refractivity contribution in [3.05, 3.63) is 54.1 Å². The van der Waals surface area contributed by atoms with Crippen LogP contribution in [0.25, 0.3) is 11.1 Å². The van der Waals surface area contributed by atoms with Crippen molar-refractivity contribution in [2.75, 3.05) is 20.2 Å². The van der Waals surface area contributed by atoms with E-state index in [9.17, 15) is 4.79 Å². The Morgan fingerprint density at radius 2 is 1.71 bits per heavy atom. The fourth-order valence-corrected chi connectivity index (χ4v) is 4.67. The van der Waals surface area contributed by atoms with Crippen molar-refractivity contribution in [1.29, 1.82) is 0 Å². The van der Waals surface area contributed by atoms with Gasteiger partial charge in [-0.25, -0.2) is 9.79 Å².